The van der Waals surface area contributed by atoms with Gasteiger partial charge in [-0.15, -0.1) is 0 Å². The van der Waals surface area contributed by atoms with E-state index in [1.807, 2.05) is 19.3 Å². The smallest absolute Gasteiger partial charge is 0.151 e. The summed E-state index contributed by atoms with van der Waals surface area (Å²) in [7, 11) is -1.29. The Morgan fingerprint density at radius 1 is 1.62 bits per heavy atom. The molecule has 0 saturated heterocycles. The molecule has 0 aliphatic carbocycles. The molecule has 0 amide bonds. The second kappa shape index (κ2) is 4.94. The number of sulfone groups is 1. The van der Waals surface area contributed by atoms with Crippen LogP contribution in [0.1, 0.15) is 12.6 Å². The Bertz CT molecular complexity index is 440. The maximum absolute atomic E-state index is 11.4. The first-order chi connectivity index (χ1) is 7.34. The van der Waals surface area contributed by atoms with Crippen LogP contribution < -0.4 is 11.3 Å². The number of aryl methyl sites for hydroxylation is 1. The molecule has 0 aliphatic heterocycles. The van der Waals surface area contributed by atoms with Gasteiger partial charge < -0.3 is 0 Å². The lowest BCUT2D eigenvalue weighted by Gasteiger charge is -2.20. The Morgan fingerprint density at radius 2 is 2.25 bits per heavy atom. The second-order valence-corrected chi connectivity index (χ2v) is 6.40. The zero-order valence-corrected chi connectivity index (χ0v) is 10.5. The molecular weight excluding hydrogens is 228 g/mol. The molecule has 0 spiro atoms. The second-order valence-electron chi connectivity index (χ2n) is 3.99. The van der Waals surface area contributed by atoms with Gasteiger partial charge >= 0.3 is 0 Å². The Balaban J connectivity index is 2.77. The number of hydrogen-bond acceptors (Lipinski definition) is 5. The van der Waals surface area contributed by atoms with Gasteiger partial charge in [-0.2, -0.15) is 5.10 Å². The average molecular weight is 246 g/mol. The molecule has 0 aliphatic rings. The summed E-state index contributed by atoms with van der Waals surface area (Å²) in [6.45, 7) is 1.64. The number of aromatic nitrogens is 2. The van der Waals surface area contributed by atoms with Crippen LogP contribution in [0.3, 0.4) is 0 Å². The van der Waals surface area contributed by atoms with Gasteiger partial charge in [0.15, 0.2) is 9.84 Å². The van der Waals surface area contributed by atoms with Gasteiger partial charge in [0, 0.05) is 32.0 Å². The zero-order chi connectivity index (χ0) is 12.3. The summed E-state index contributed by atoms with van der Waals surface area (Å²) in [6.07, 6.45) is 3.51. The minimum absolute atomic E-state index is 0.329. The average Bonchev–Trinajstić information content (AvgIpc) is 2.58. The van der Waals surface area contributed by atoms with Crippen molar-refractivity contribution in [2.75, 3.05) is 6.26 Å². The maximum Gasteiger partial charge on any atom is 0.151 e. The number of hydrazine groups is 1. The summed E-state index contributed by atoms with van der Waals surface area (Å²) in [6, 6.07) is 1.52. The summed E-state index contributed by atoms with van der Waals surface area (Å²) in [5.41, 5.74) is 3.36. The Labute approximate surface area is 95.7 Å². The highest BCUT2D eigenvalue weighted by Gasteiger charge is 2.25. The molecule has 0 saturated carbocycles. The van der Waals surface area contributed by atoms with Crippen LogP contribution in [0.15, 0.2) is 12.3 Å². The summed E-state index contributed by atoms with van der Waals surface area (Å²) in [4.78, 5) is 0. The highest BCUT2D eigenvalue weighted by molar-refractivity contribution is 7.91. The Morgan fingerprint density at radius 3 is 2.62 bits per heavy atom. The van der Waals surface area contributed by atoms with Crippen molar-refractivity contribution in [1.82, 2.24) is 15.2 Å². The molecule has 3 N–H and O–H groups in total. The van der Waals surface area contributed by atoms with Crippen molar-refractivity contribution in [2.24, 2.45) is 12.9 Å². The molecule has 7 heteroatoms. The molecule has 0 fully saturated rings. The number of nitrogens with two attached hydrogens (primary N) is 1. The predicted molar refractivity (Wildman–Crippen MR) is 62.3 cm³/mol. The van der Waals surface area contributed by atoms with Gasteiger partial charge in [0.25, 0.3) is 0 Å². The van der Waals surface area contributed by atoms with E-state index in [1.165, 1.54) is 6.26 Å². The van der Waals surface area contributed by atoms with Crippen LogP contribution in [-0.2, 0) is 23.3 Å². The summed E-state index contributed by atoms with van der Waals surface area (Å²) >= 11 is 0. The van der Waals surface area contributed by atoms with Gasteiger partial charge in [0.05, 0.1) is 10.9 Å². The van der Waals surface area contributed by atoms with E-state index >= 15 is 0 Å². The van der Waals surface area contributed by atoms with Crippen molar-refractivity contribution in [3.63, 3.8) is 0 Å². The fourth-order valence-corrected chi connectivity index (χ4v) is 2.23. The normalized spacial score (nSPS) is 16.0. The van der Waals surface area contributed by atoms with Crippen molar-refractivity contribution >= 4 is 9.84 Å². The molecule has 92 valence electrons. The van der Waals surface area contributed by atoms with E-state index < -0.39 is 15.1 Å². The lowest BCUT2D eigenvalue weighted by Crippen LogP contribution is -2.47. The topological polar surface area (TPSA) is 90.0 Å². The molecule has 1 rings (SSSR count). The van der Waals surface area contributed by atoms with Gasteiger partial charge in [-0.25, -0.2) is 8.42 Å². The van der Waals surface area contributed by atoms with Crippen LogP contribution >= 0.6 is 0 Å². The SMILES string of the molecule is CC(C(Cc1ccn(C)n1)NN)S(C)(=O)=O. The molecule has 1 aromatic heterocycles. The number of nitrogens with zero attached hydrogens (tertiary/aromatic N) is 2. The highest BCUT2D eigenvalue weighted by Crippen LogP contribution is 2.09. The van der Waals surface area contributed by atoms with Crippen LogP contribution in [0, 0.1) is 0 Å². The molecular formula is C9H18N4O2S. The Kier molecular flexibility index (Phi) is 4.06. The quantitative estimate of drug-likeness (QED) is 0.526. The lowest BCUT2D eigenvalue weighted by molar-refractivity contribution is 0.488. The highest BCUT2D eigenvalue weighted by atomic mass is 32.2. The molecule has 2 atom stereocenters. The molecule has 1 heterocycles. The van der Waals surface area contributed by atoms with Gasteiger partial charge in [-0.1, -0.05) is 0 Å². The standard InChI is InChI=1S/C9H18N4O2S/c1-7(16(3,14)15)9(11-10)6-8-4-5-13(2)12-8/h4-5,7,9,11H,6,10H2,1-3H3. The van der Waals surface area contributed by atoms with Crippen LogP contribution in [0.4, 0.5) is 0 Å². The molecule has 6 nitrogen and oxygen atoms in total. The third kappa shape index (κ3) is 3.29. The van der Waals surface area contributed by atoms with E-state index in [1.54, 1.807) is 11.6 Å². The van der Waals surface area contributed by atoms with Crippen LogP contribution in [0.25, 0.3) is 0 Å². The van der Waals surface area contributed by atoms with E-state index in [0.29, 0.717) is 6.42 Å². The number of nitrogens with one attached hydrogen (secondary N) is 1. The van der Waals surface area contributed by atoms with Crippen LogP contribution in [0.2, 0.25) is 0 Å². The summed E-state index contributed by atoms with van der Waals surface area (Å²) in [5, 5.41) is 3.65. The van der Waals surface area contributed by atoms with Gasteiger partial charge in [-0.05, 0) is 13.0 Å². The van der Waals surface area contributed by atoms with E-state index in [4.69, 9.17) is 5.84 Å². The summed E-state index contributed by atoms with van der Waals surface area (Å²) in [5.74, 6) is 5.38. The first kappa shape index (κ1) is 13.1. The molecule has 0 aromatic carbocycles. The molecule has 1 aromatic rings. The number of rotatable bonds is 5. The van der Waals surface area contributed by atoms with E-state index in [2.05, 4.69) is 10.5 Å². The first-order valence-corrected chi connectivity index (χ1v) is 6.93. The molecule has 2 unspecified atom stereocenters. The fraction of sp³-hybridized carbons (Fsp3) is 0.667. The van der Waals surface area contributed by atoms with Gasteiger partial charge in [-0.3, -0.25) is 16.0 Å². The van der Waals surface area contributed by atoms with E-state index in [0.717, 1.165) is 5.69 Å². The van der Waals surface area contributed by atoms with Crippen molar-refractivity contribution in [2.45, 2.75) is 24.6 Å². The summed E-state index contributed by atoms with van der Waals surface area (Å²) < 4.78 is 24.5. The van der Waals surface area contributed by atoms with Gasteiger partial charge in [0.2, 0.25) is 0 Å². The third-order valence-electron chi connectivity index (χ3n) is 2.65. The van der Waals surface area contributed by atoms with Crippen LogP contribution in [0.5, 0.6) is 0 Å². The molecule has 16 heavy (non-hydrogen) atoms. The predicted octanol–water partition coefficient (Wildman–Crippen LogP) is -0.772. The van der Waals surface area contributed by atoms with E-state index in [-0.39, 0.29) is 6.04 Å². The minimum Gasteiger partial charge on any atom is -0.276 e. The molecule has 0 bridgehead atoms. The van der Waals surface area contributed by atoms with Crippen molar-refractivity contribution in [3.8, 4) is 0 Å². The Hall–Kier alpha value is -0.920. The fourth-order valence-electron chi connectivity index (χ4n) is 1.46. The van der Waals surface area contributed by atoms with Crippen molar-refractivity contribution in [1.29, 1.82) is 0 Å². The van der Waals surface area contributed by atoms with Crippen molar-refractivity contribution in [3.05, 3.63) is 18.0 Å². The zero-order valence-electron chi connectivity index (χ0n) is 9.71. The van der Waals surface area contributed by atoms with Crippen molar-refractivity contribution < 1.29 is 8.42 Å². The minimum atomic E-state index is -3.10. The van der Waals surface area contributed by atoms with Crippen LogP contribution in [-0.4, -0.2) is 35.7 Å². The monoisotopic (exact) mass is 246 g/mol. The van der Waals surface area contributed by atoms with E-state index in [9.17, 15) is 8.42 Å². The maximum atomic E-state index is 11.4. The molecule has 0 radical (unpaired) electrons. The third-order valence-corrected chi connectivity index (χ3v) is 4.33. The number of hydrogen-bond donors (Lipinski definition) is 2. The largest absolute Gasteiger partial charge is 0.276 e. The lowest BCUT2D eigenvalue weighted by atomic mass is 10.1. The first-order valence-electron chi connectivity index (χ1n) is 4.98. The van der Waals surface area contributed by atoms with Gasteiger partial charge in [0.1, 0.15) is 0 Å².